The summed E-state index contributed by atoms with van der Waals surface area (Å²) in [6, 6.07) is 10.6. The van der Waals surface area contributed by atoms with Crippen molar-refractivity contribution >= 4 is 5.91 Å². The summed E-state index contributed by atoms with van der Waals surface area (Å²) in [7, 11) is 0. The van der Waals surface area contributed by atoms with Crippen molar-refractivity contribution in [3.63, 3.8) is 0 Å². The van der Waals surface area contributed by atoms with E-state index < -0.39 is 0 Å². The van der Waals surface area contributed by atoms with Crippen molar-refractivity contribution in [2.75, 3.05) is 13.1 Å². The number of rotatable bonds is 3. The van der Waals surface area contributed by atoms with Crippen LogP contribution in [0.25, 0.3) is 0 Å². The molecule has 3 fully saturated rings. The molecule has 1 aromatic carbocycles. The van der Waals surface area contributed by atoms with Gasteiger partial charge in [-0.3, -0.25) is 4.79 Å². The Morgan fingerprint density at radius 3 is 2.47 bits per heavy atom. The maximum atomic E-state index is 12.3. The average molecular weight is 255 g/mol. The molecule has 2 saturated carbocycles. The van der Waals surface area contributed by atoms with Crippen molar-refractivity contribution in [2.45, 2.75) is 25.7 Å². The van der Waals surface area contributed by atoms with Crippen LogP contribution >= 0.6 is 0 Å². The number of likely N-dealkylation sites (tertiary alicyclic amines) is 1. The van der Waals surface area contributed by atoms with Crippen LogP contribution in [0.5, 0.6) is 0 Å². The van der Waals surface area contributed by atoms with Crippen LogP contribution in [0.2, 0.25) is 0 Å². The molecule has 3 aliphatic rings. The summed E-state index contributed by atoms with van der Waals surface area (Å²) in [6.07, 6.45) is 5.10. The van der Waals surface area contributed by atoms with E-state index in [1.165, 1.54) is 24.8 Å². The van der Waals surface area contributed by atoms with Crippen molar-refractivity contribution in [1.29, 1.82) is 0 Å². The first-order valence-corrected chi connectivity index (χ1v) is 7.65. The van der Waals surface area contributed by atoms with Crippen LogP contribution < -0.4 is 0 Å². The zero-order chi connectivity index (χ0) is 12.8. The molecule has 1 amide bonds. The van der Waals surface area contributed by atoms with Crippen LogP contribution in [0.3, 0.4) is 0 Å². The van der Waals surface area contributed by atoms with Gasteiger partial charge >= 0.3 is 0 Å². The standard InChI is InChI=1S/C17H21NO/c19-17(16-14-7-4-8-15(14)16)18-10-13(11-18)9-12-5-2-1-3-6-12/h1-3,5-6,13-16H,4,7-11H2. The summed E-state index contributed by atoms with van der Waals surface area (Å²) in [4.78, 5) is 14.4. The molecule has 0 bridgehead atoms. The first-order chi connectivity index (χ1) is 9.33. The molecule has 100 valence electrons. The maximum absolute atomic E-state index is 12.3. The SMILES string of the molecule is O=C(C1C2CCCC21)N1CC(Cc2ccccc2)C1. The fourth-order valence-corrected chi connectivity index (χ4v) is 4.22. The predicted octanol–water partition coefficient (Wildman–Crippen LogP) is 2.73. The van der Waals surface area contributed by atoms with Gasteiger partial charge < -0.3 is 4.90 Å². The second-order valence-corrected chi connectivity index (χ2v) is 6.58. The minimum absolute atomic E-state index is 0.423. The second kappa shape index (κ2) is 4.36. The molecule has 4 rings (SSSR count). The van der Waals surface area contributed by atoms with Crippen molar-refractivity contribution < 1.29 is 4.79 Å². The number of nitrogens with zero attached hydrogens (tertiary/aromatic N) is 1. The summed E-state index contributed by atoms with van der Waals surface area (Å²) in [5, 5.41) is 0. The zero-order valence-corrected chi connectivity index (χ0v) is 11.3. The van der Waals surface area contributed by atoms with Gasteiger partial charge in [-0.2, -0.15) is 0 Å². The van der Waals surface area contributed by atoms with Crippen molar-refractivity contribution in [1.82, 2.24) is 4.90 Å². The summed E-state index contributed by atoms with van der Waals surface area (Å²) >= 11 is 0. The largest absolute Gasteiger partial charge is 0.342 e. The highest BCUT2D eigenvalue weighted by molar-refractivity contribution is 5.83. The quantitative estimate of drug-likeness (QED) is 0.813. The summed E-state index contributed by atoms with van der Waals surface area (Å²) < 4.78 is 0. The molecule has 0 aromatic heterocycles. The Kier molecular flexibility index (Phi) is 2.64. The van der Waals surface area contributed by atoms with Gasteiger partial charge in [-0.1, -0.05) is 36.8 Å². The molecule has 1 aromatic rings. The molecule has 2 aliphatic carbocycles. The smallest absolute Gasteiger partial charge is 0.226 e. The summed E-state index contributed by atoms with van der Waals surface area (Å²) in [5.74, 6) is 3.11. The van der Waals surface area contributed by atoms with Gasteiger partial charge in [0, 0.05) is 19.0 Å². The fourth-order valence-electron chi connectivity index (χ4n) is 4.22. The molecule has 0 radical (unpaired) electrons. The Hall–Kier alpha value is -1.31. The molecule has 2 atom stereocenters. The van der Waals surface area contributed by atoms with Crippen molar-refractivity contribution in [3.05, 3.63) is 35.9 Å². The Balaban J connectivity index is 1.28. The van der Waals surface area contributed by atoms with Gasteiger partial charge in [0.15, 0.2) is 0 Å². The highest BCUT2D eigenvalue weighted by atomic mass is 16.2. The van der Waals surface area contributed by atoms with E-state index in [1.54, 1.807) is 0 Å². The molecule has 2 nitrogen and oxygen atoms in total. The van der Waals surface area contributed by atoms with Gasteiger partial charge in [-0.25, -0.2) is 0 Å². The van der Waals surface area contributed by atoms with Gasteiger partial charge in [-0.05, 0) is 42.6 Å². The van der Waals surface area contributed by atoms with E-state index in [-0.39, 0.29) is 0 Å². The van der Waals surface area contributed by atoms with E-state index >= 15 is 0 Å². The van der Waals surface area contributed by atoms with E-state index in [0.29, 0.717) is 17.7 Å². The lowest BCUT2D eigenvalue weighted by Crippen LogP contribution is -2.51. The Morgan fingerprint density at radius 1 is 1.11 bits per heavy atom. The van der Waals surface area contributed by atoms with Gasteiger partial charge in [0.1, 0.15) is 0 Å². The van der Waals surface area contributed by atoms with E-state index in [2.05, 4.69) is 35.2 Å². The van der Waals surface area contributed by atoms with E-state index in [9.17, 15) is 4.79 Å². The van der Waals surface area contributed by atoms with E-state index in [0.717, 1.165) is 31.3 Å². The Morgan fingerprint density at radius 2 is 1.79 bits per heavy atom. The Labute approximate surface area is 114 Å². The van der Waals surface area contributed by atoms with Crippen LogP contribution in [0, 0.1) is 23.7 Å². The monoisotopic (exact) mass is 255 g/mol. The third kappa shape index (κ3) is 1.98. The highest BCUT2D eigenvalue weighted by Gasteiger charge is 2.58. The van der Waals surface area contributed by atoms with E-state index in [1.807, 2.05) is 0 Å². The lowest BCUT2D eigenvalue weighted by molar-refractivity contribution is -0.139. The molecule has 1 aliphatic heterocycles. The average Bonchev–Trinajstić information content (AvgIpc) is 2.87. The summed E-state index contributed by atoms with van der Waals surface area (Å²) in [5.41, 5.74) is 1.41. The molecule has 0 N–H and O–H groups in total. The minimum Gasteiger partial charge on any atom is -0.342 e. The molecule has 2 heteroatoms. The number of hydrogen-bond acceptors (Lipinski definition) is 1. The number of hydrogen-bond donors (Lipinski definition) is 0. The minimum atomic E-state index is 0.423. The van der Waals surface area contributed by atoms with Crippen LogP contribution in [-0.4, -0.2) is 23.9 Å². The Bertz CT molecular complexity index is 467. The first-order valence-electron chi connectivity index (χ1n) is 7.65. The maximum Gasteiger partial charge on any atom is 0.226 e. The third-order valence-electron chi connectivity index (χ3n) is 5.33. The van der Waals surface area contributed by atoms with Gasteiger partial charge in [0.2, 0.25) is 5.91 Å². The first kappa shape index (κ1) is 11.5. The van der Waals surface area contributed by atoms with Crippen LogP contribution in [0.4, 0.5) is 0 Å². The lowest BCUT2D eigenvalue weighted by Gasteiger charge is -2.40. The normalized spacial score (nSPS) is 32.8. The number of benzene rings is 1. The number of carbonyl (C=O) groups excluding carboxylic acids is 1. The fraction of sp³-hybridized carbons (Fsp3) is 0.588. The molecule has 2 unspecified atom stereocenters. The van der Waals surface area contributed by atoms with Gasteiger partial charge in [0.05, 0.1) is 0 Å². The van der Waals surface area contributed by atoms with Gasteiger partial charge in [-0.15, -0.1) is 0 Å². The van der Waals surface area contributed by atoms with Gasteiger partial charge in [0.25, 0.3) is 0 Å². The second-order valence-electron chi connectivity index (χ2n) is 6.58. The molecule has 19 heavy (non-hydrogen) atoms. The third-order valence-corrected chi connectivity index (χ3v) is 5.33. The lowest BCUT2D eigenvalue weighted by atomic mass is 9.91. The summed E-state index contributed by atoms with van der Waals surface area (Å²) in [6.45, 7) is 1.98. The van der Waals surface area contributed by atoms with E-state index in [4.69, 9.17) is 0 Å². The zero-order valence-electron chi connectivity index (χ0n) is 11.3. The number of amides is 1. The van der Waals surface area contributed by atoms with Crippen molar-refractivity contribution in [3.8, 4) is 0 Å². The molecule has 1 saturated heterocycles. The van der Waals surface area contributed by atoms with Crippen LogP contribution in [0.15, 0.2) is 30.3 Å². The number of fused-ring (bicyclic) bond motifs is 1. The highest BCUT2D eigenvalue weighted by Crippen LogP contribution is 2.58. The predicted molar refractivity (Wildman–Crippen MR) is 74.5 cm³/mol. The van der Waals surface area contributed by atoms with Crippen molar-refractivity contribution in [2.24, 2.45) is 23.7 Å². The number of carbonyl (C=O) groups is 1. The molecular weight excluding hydrogens is 234 g/mol. The molecule has 0 spiro atoms. The topological polar surface area (TPSA) is 20.3 Å². The molecular formula is C17H21NO. The van der Waals surface area contributed by atoms with Crippen LogP contribution in [0.1, 0.15) is 24.8 Å². The van der Waals surface area contributed by atoms with Crippen LogP contribution in [-0.2, 0) is 11.2 Å². The molecule has 1 heterocycles.